The van der Waals surface area contributed by atoms with Crippen LogP contribution in [0.25, 0.3) is 0 Å². The number of allylic oxidation sites excluding steroid dienone is 6. The van der Waals surface area contributed by atoms with Crippen molar-refractivity contribution in [1.82, 2.24) is 0 Å². The van der Waals surface area contributed by atoms with Gasteiger partial charge in [0.1, 0.15) is 0 Å². The zero-order valence-electron chi connectivity index (χ0n) is 10.2. The molecule has 0 aliphatic heterocycles. The standard InChI is InChI=1S/C16H20/c1-11-12(2)14-6-5-13(11)15-7-3-4-8-16(14,15)10-9-15/h3-6,9-14H,7-8H2,1-2H3/t11-,12+,13+,14-,15+,16-. The molecule has 2 bridgehead atoms. The van der Waals surface area contributed by atoms with Crippen LogP contribution in [0.3, 0.4) is 0 Å². The van der Waals surface area contributed by atoms with E-state index in [1.54, 1.807) is 0 Å². The lowest BCUT2D eigenvalue weighted by Gasteiger charge is -2.70. The second-order valence-electron chi connectivity index (χ2n) is 6.45. The quantitative estimate of drug-likeness (QED) is 0.533. The van der Waals surface area contributed by atoms with Crippen LogP contribution in [0.4, 0.5) is 0 Å². The maximum absolute atomic E-state index is 2.54. The molecule has 0 saturated heterocycles. The number of rotatable bonds is 0. The Morgan fingerprint density at radius 2 is 1.25 bits per heavy atom. The van der Waals surface area contributed by atoms with E-state index >= 15 is 0 Å². The van der Waals surface area contributed by atoms with Crippen molar-refractivity contribution in [3.63, 3.8) is 0 Å². The molecule has 1 saturated carbocycles. The molecule has 1 fully saturated rings. The Morgan fingerprint density at radius 3 is 1.62 bits per heavy atom. The Labute approximate surface area is 98.1 Å². The maximum Gasteiger partial charge on any atom is 0.00813 e. The Bertz CT molecular complexity index is 387. The summed E-state index contributed by atoms with van der Waals surface area (Å²) in [7, 11) is 0. The summed E-state index contributed by atoms with van der Waals surface area (Å²) < 4.78 is 0. The van der Waals surface area contributed by atoms with Crippen LogP contribution < -0.4 is 0 Å². The summed E-state index contributed by atoms with van der Waals surface area (Å²) in [6.07, 6.45) is 17.6. The molecule has 16 heavy (non-hydrogen) atoms. The lowest BCUT2D eigenvalue weighted by Crippen LogP contribution is -2.64. The lowest BCUT2D eigenvalue weighted by atomic mass is 9.33. The van der Waals surface area contributed by atoms with E-state index in [-0.39, 0.29) is 0 Å². The van der Waals surface area contributed by atoms with Gasteiger partial charge in [-0.15, -0.1) is 0 Å². The summed E-state index contributed by atoms with van der Waals surface area (Å²) in [6, 6.07) is 0. The highest BCUT2D eigenvalue weighted by atomic mass is 14.7. The zero-order valence-corrected chi connectivity index (χ0v) is 10.2. The average Bonchev–Trinajstić information content (AvgIpc) is 2.27. The van der Waals surface area contributed by atoms with Gasteiger partial charge in [0.15, 0.2) is 0 Å². The van der Waals surface area contributed by atoms with Gasteiger partial charge in [-0.25, -0.2) is 0 Å². The van der Waals surface area contributed by atoms with Crippen LogP contribution >= 0.6 is 0 Å². The molecule has 0 aromatic carbocycles. The third-order valence-electron chi connectivity index (χ3n) is 6.30. The van der Waals surface area contributed by atoms with E-state index in [1.807, 2.05) is 0 Å². The predicted molar refractivity (Wildman–Crippen MR) is 66.8 cm³/mol. The molecule has 0 unspecified atom stereocenters. The van der Waals surface area contributed by atoms with Crippen molar-refractivity contribution in [3.8, 4) is 0 Å². The molecule has 0 amide bonds. The fraction of sp³-hybridized carbons (Fsp3) is 0.625. The molecule has 84 valence electrons. The summed E-state index contributed by atoms with van der Waals surface area (Å²) in [4.78, 5) is 0. The molecular formula is C16H20. The van der Waals surface area contributed by atoms with Gasteiger partial charge in [0, 0.05) is 10.8 Å². The summed E-state index contributed by atoms with van der Waals surface area (Å²) in [5.74, 6) is 3.31. The number of hydrogen-bond acceptors (Lipinski definition) is 0. The molecule has 0 aromatic heterocycles. The minimum Gasteiger partial charge on any atom is -0.0876 e. The molecule has 0 heteroatoms. The fourth-order valence-electron chi connectivity index (χ4n) is 5.22. The first-order valence-electron chi connectivity index (χ1n) is 6.75. The topological polar surface area (TPSA) is 0 Å². The molecule has 0 radical (unpaired) electrons. The van der Waals surface area contributed by atoms with Crippen LogP contribution in [0, 0.1) is 34.5 Å². The van der Waals surface area contributed by atoms with Crippen molar-refractivity contribution in [1.29, 1.82) is 0 Å². The molecule has 0 heterocycles. The van der Waals surface area contributed by atoms with Crippen molar-refractivity contribution in [2.75, 3.05) is 0 Å². The fourth-order valence-corrected chi connectivity index (χ4v) is 5.22. The summed E-state index contributed by atoms with van der Waals surface area (Å²) >= 11 is 0. The first-order chi connectivity index (χ1) is 7.71. The second-order valence-corrected chi connectivity index (χ2v) is 6.45. The smallest absolute Gasteiger partial charge is 0.00813 e. The second kappa shape index (κ2) is 2.55. The van der Waals surface area contributed by atoms with Crippen molar-refractivity contribution < 1.29 is 0 Å². The van der Waals surface area contributed by atoms with Crippen molar-refractivity contribution in [2.45, 2.75) is 26.7 Å². The van der Waals surface area contributed by atoms with E-state index in [4.69, 9.17) is 0 Å². The average molecular weight is 212 g/mol. The zero-order chi connectivity index (χ0) is 11.0. The molecular weight excluding hydrogens is 192 g/mol. The lowest BCUT2D eigenvalue weighted by molar-refractivity contribution is -0.103. The summed E-state index contributed by atoms with van der Waals surface area (Å²) in [6.45, 7) is 4.93. The molecule has 5 aliphatic carbocycles. The van der Waals surface area contributed by atoms with Crippen LogP contribution in [-0.2, 0) is 0 Å². The van der Waals surface area contributed by atoms with Gasteiger partial charge in [-0.3, -0.25) is 0 Å². The van der Waals surface area contributed by atoms with E-state index in [9.17, 15) is 0 Å². The molecule has 6 atom stereocenters. The first-order valence-corrected chi connectivity index (χ1v) is 6.75. The van der Waals surface area contributed by atoms with E-state index in [0.717, 1.165) is 23.7 Å². The van der Waals surface area contributed by atoms with Crippen molar-refractivity contribution >= 4 is 0 Å². The van der Waals surface area contributed by atoms with Crippen LogP contribution in [0.5, 0.6) is 0 Å². The van der Waals surface area contributed by atoms with Gasteiger partial charge < -0.3 is 0 Å². The highest BCUT2D eigenvalue weighted by molar-refractivity contribution is 5.42. The normalized spacial score (nSPS) is 60.4. The third-order valence-corrected chi connectivity index (χ3v) is 6.30. The van der Waals surface area contributed by atoms with Crippen molar-refractivity contribution in [3.05, 3.63) is 36.5 Å². The SMILES string of the molecule is C[C@@H]1[C@H](C)[C@H]2C=C[C@@H]1[C@]13C=C[C@]21CC=CC3. The van der Waals surface area contributed by atoms with Crippen molar-refractivity contribution in [2.24, 2.45) is 34.5 Å². The van der Waals surface area contributed by atoms with Crippen LogP contribution in [0.2, 0.25) is 0 Å². The Balaban J connectivity index is 1.94. The van der Waals surface area contributed by atoms with Gasteiger partial charge in [0.2, 0.25) is 0 Å². The molecule has 0 nitrogen and oxygen atoms in total. The van der Waals surface area contributed by atoms with E-state index in [0.29, 0.717) is 10.8 Å². The third kappa shape index (κ3) is 0.697. The highest BCUT2D eigenvalue weighted by Crippen LogP contribution is 2.73. The predicted octanol–water partition coefficient (Wildman–Crippen LogP) is 3.97. The Morgan fingerprint density at radius 1 is 0.812 bits per heavy atom. The highest BCUT2D eigenvalue weighted by Gasteiger charge is 2.67. The first kappa shape index (κ1) is 9.27. The van der Waals surface area contributed by atoms with Gasteiger partial charge in [0.25, 0.3) is 0 Å². The summed E-state index contributed by atoms with van der Waals surface area (Å²) in [5, 5.41) is 0. The van der Waals surface area contributed by atoms with Gasteiger partial charge in [0.05, 0.1) is 0 Å². The minimum absolute atomic E-state index is 0.507. The van der Waals surface area contributed by atoms with Crippen LogP contribution in [0.15, 0.2) is 36.5 Å². The number of fused-ring (bicyclic) bond motifs is 1. The molecule has 5 aliphatic rings. The number of hydrogen-bond donors (Lipinski definition) is 0. The molecule has 5 rings (SSSR count). The Hall–Kier alpha value is -0.780. The van der Waals surface area contributed by atoms with Crippen LogP contribution in [0.1, 0.15) is 26.7 Å². The monoisotopic (exact) mass is 212 g/mol. The van der Waals surface area contributed by atoms with E-state index in [2.05, 4.69) is 50.3 Å². The van der Waals surface area contributed by atoms with Gasteiger partial charge in [-0.05, 0) is 36.5 Å². The van der Waals surface area contributed by atoms with Crippen LogP contribution in [-0.4, -0.2) is 0 Å². The molecule has 0 N–H and O–H groups in total. The Kier molecular flexibility index (Phi) is 1.48. The van der Waals surface area contributed by atoms with E-state index in [1.165, 1.54) is 12.8 Å². The maximum atomic E-state index is 2.54. The van der Waals surface area contributed by atoms with Gasteiger partial charge in [-0.1, -0.05) is 50.3 Å². The summed E-state index contributed by atoms with van der Waals surface area (Å²) in [5.41, 5.74) is 1.01. The van der Waals surface area contributed by atoms with Gasteiger partial charge >= 0.3 is 0 Å². The molecule has 0 spiro atoms. The largest absolute Gasteiger partial charge is 0.0876 e. The minimum atomic E-state index is 0.507. The van der Waals surface area contributed by atoms with E-state index < -0.39 is 0 Å². The molecule has 0 aromatic rings. The van der Waals surface area contributed by atoms with Gasteiger partial charge in [-0.2, -0.15) is 0 Å².